The van der Waals surface area contributed by atoms with E-state index in [1.807, 2.05) is 6.92 Å². The molecule has 0 saturated carbocycles. The molecular weight excluding hydrogens is 450 g/mol. The summed E-state index contributed by atoms with van der Waals surface area (Å²) in [6.45, 7) is 2.05. The lowest BCUT2D eigenvalue weighted by Crippen LogP contribution is -2.32. The number of allylic oxidation sites excluding steroid dienone is 2. The van der Waals surface area contributed by atoms with E-state index in [9.17, 15) is 14.7 Å². The molecule has 0 amide bonds. The lowest BCUT2D eigenvalue weighted by Gasteiger charge is -2.33. The van der Waals surface area contributed by atoms with Gasteiger partial charge in [0.2, 0.25) is 0 Å². The summed E-state index contributed by atoms with van der Waals surface area (Å²) < 4.78 is 5.29. The number of phenols is 1. The van der Waals surface area contributed by atoms with Gasteiger partial charge in [0, 0.05) is 29.4 Å². The van der Waals surface area contributed by atoms with Gasteiger partial charge in [0.05, 0.1) is 12.7 Å². The zero-order chi connectivity index (χ0) is 23.8. The van der Waals surface area contributed by atoms with Gasteiger partial charge in [-0.3, -0.25) is 9.59 Å². The molecule has 2 heterocycles. The topological polar surface area (TPSA) is 104 Å². The van der Waals surface area contributed by atoms with E-state index < -0.39 is 5.92 Å². The highest BCUT2D eigenvalue weighted by molar-refractivity contribution is 7.98. The number of thioether (sulfide) groups is 1. The fourth-order valence-corrected chi connectivity index (χ4v) is 5.37. The van der Waals surface area contributed by atoms with Gasteiger partial charge >= 0.3 is 0 Å². The number of Topliss-reactive ketones (excluding diaryl/α,β-unsaturated/α-hetero) is 1. The van der Waals surface area contributed by atoms with E-state index in [0.29, 0.717) is 46.3 Å². The Kier molecular flexibility index (Phi) is 5.91. The van der Waals surface area contributed by atoms with E-state index in [1.165, 1.54) is 30.5 Å². The van der Waals surface area contributed by atoms with Crippen molar-refractivity contribution in [1.82, 2.24) is 9.97 Å². The summed E-state index contributed by atoms with van der Waals surface area (Å²) in [5, 5.41) is 13.9. The van der Waals surface area contributed by atoms with E-state index in [1.54, 1.807) is 12.1 Å². The highest BCUT2D eigenvalue weighted by Gasteiger charge is 2.38. The van der Waals surface area contributed by atoms with Crippen molar-refractivity contribution in [3.05, 3.63) is 86.3 Å². The molecule has 0 bridgehead atoms. The molecule has 34 heavy (non-hydrogen) atoms. The second-order valence-corrected chi connectivity index (χ2v) is 9.53. The molecular formula is C26H25N3O4S. The van der Waals surface area contributed by atoms with Crippen molar-refractivity contribution in [3.63, 3.8) is 0 Å². The number of benzene rings is 2. The maximum Gasteiger partial charge on any atom is 0.257 e. The number of aromatic nitrogens is 2. The van der Waals surface area contributed by atoms with Crippen molar-refractivity contribution in [1.29, 1.82) is 0 Å². The lowest BCUT2D eigenvalue weighted by atomic mass is 9.76. The highest BCUT2D eigenvalue weighted by atomic mass is 32.2. The molecule has 0 saturated heterocycles. The monoisotopic (exact) mass is 475 g/mol. The molecule has 8 heteroatoms. The summed E-state index contributed by atoms with van der Waals surface area (Å²) in [7, 11) is 1.47. The first-order chi connectivity index (χ1) is 16.4. The number of ether oxygens (including phenoxy) is 1. The number of ketones is 1. The number of nitrogens with one attached hydrogen (secondary N) is 2. The number of aryl methyl sites for hydroxylation is 1. The van der Waals surface area contributed by atoms with Gasteiger partial charge in [0.15, 0.2) is 22.4 Å². The molecule has 0 radical (unpaired) electrons. The molecule has 3 aromatic rings. The Morgan fingerprint density at radius 2 is 1.94 bits per heavy atom. The normalized spacial score (nSPS) is 17.1. The van der Waals surface area contributed by atoms with Crippen LogP contribution in [0.4, 0.5) is 5.82 Å². The van der Waals surface area contributed by atoms with Gasteiger partial charge in [-0.05, 0) is 43.0 Å². The van der Waals surface area contributed by atoms with Gasteiger partial charge in [-0.15, -0.1) is 0 Å². The maximum atomic E-state index is 13.4. The summed E-state index contributed by atoms with van der Waals surface area (Å²) in [6.07, 6.45) is 1.91. The molecule has 1 atom stereocenters. The van der Waals surface area contributed by atoms with E-state index >= 15 is 0 Å². The number of fused-ring (bicyclic) bond motifs is 1. The Morgan fingerprint density at radius 3 is 2.71 bits per heavy atom. The number of aromatic amines is 1. The largest absolute Gasteiger partial charge is 0.504 e. The molecule has 1 unspecified atom stereocenters. The predicted octanol–water partition coefficient (Wildman–Crippen LogP) is 4.65. The maximum absolute atomic E-state index is 13.4. The van der Waals surface area contributed by atoms with Gasteiger partial charge in [0.1, 0.15) is 5.82 Å². The Balaban J connectivity index is 1.57. The summed E-state index contributed by atoms with van der Waals surface area (Å²) in [6, 6.07) is 13.2. The van der Waals surface area contributed by atoms with Crippen LogP contribution in [0.15, 0.2) is 63.7 Å². The van der Waals surface area contributed by atoms with Crippen molar-refractivity contribution in [2.45, 2.75) is 43.0 Å². The molecule has 3 N–H and O–H groups in total. The zero-order valence-corrected chi connectivity index (χ0v) is 19.8. The van der Waals surface area contributed by atoms with E-state index in [0.717, 1.165) is 17.7 Å². The molecule has 174 valence electrons. The number of anilines is 1. The molecule has 1 aromatic heterocycles. The minimum absolute atomic E-state index is 0.000491. The standard InChI is InChI=1S/C26H25N3O4S/c1-14-6-8-15(9-7-14)13-34-26-28-24-23(25(32)29-26)21(16-10-11-18(30)20(12-16)33-2)22-17(27-24)4-3-5-19(22)31/h6-12,21,30H,3-5,13H2,1-2H3,(H2,27,28,29,32). The van der Waals surface area contributed by atoms with Crippen LogP contribution in [0, 0.1) is 6.92 Å². The molecule has 0 spiro atoms. The Morgan fingerprint density at radius 1 is 1.15 bits per heavy atom. The zero-order valence-electron chi connectivity index (χ0n) is 19.0. The van der Waals surface area contributed by atoms with Crippen molar-refractivity contribution in [2.24, 2.45) is 0 Å². The van der Waals surface area contributed by atoms with Crippen LogP contribution >= 0.6 is 11.8 Å². The number of hydrogen-bond acceptors (Lipinski definition) is 7. The predicted molar refractivity (Wildman–Crippen MR) is 132 cm³/mol. The lowest BCUT2D eigenvalue weighted by molar-refractivity contribution is -0.116. The molecule has 2 aromatic carbocycles. The first-order valence-corrected chi connectivity index (χ1v) is 12.2. The van der Waals surface area contributed by atoms with Crippen LogP contribution in [0.25, 0.3) is 0 Å². The molecule has 0 fully saturated rings. The van der Waals surface area contributed by atoms with Crippen LogP contribution in [-0.4, -0.2) is 28.0 Å². The van der Waals surface area contributed by atoms with Crippen LogP contribution < -0.4 is 15.6 Å². The number of carbonyl (C=O) groups is 1. The number of rotatable bonds is 5. The first kappa shape index (κ1) is 22.3. The number of methoxy groups -OCH3 is 1. The van der Waals surface area contributed by atoms with E-state index in [2.05, 4.69) is 34.6 Å². The first-order valence-electron chi connectivity index (χ1n) is 11.2. The van der Waals surface area contributed by atoms with Crippen molar-refractivity contribution >= 4 is 23.4 Å². The number of H-pyrrole nitrogens is 1. The number of nitrogens with zero attached hydrogens (tertiary/aromatic N) is 1. The summed E-state index contributed by atoms with van der Waals surface area (Å²) in [5.41, 5.74) is 4.56. The van der Waals surface area contributed by atoms with Gasteiger partial charge in [-0.1, -0.05) is 47.7 Å². The molecule has 1 aliphatic heterocycles. The van der Waals surface area contributed by atoms with Crippen molar-refractivity contribution in [3.8, 4) is 11.5 Å². The highest BCUT2D eigenvalue weighted by Crippen LogP contribution is 2.45. The number of carbonyl (C=O) groups excluding carboxylic acids is 1. The summed E-state index contributed by atoms with van der Waals surface area (Å²) in [5.74, 6) is 0.875. The second kappa shape index (κ2) is 9.02. The number of hydrogen-bond donors (Lipinski definition) is 3. The fraction of sp³-hybridized carbons (Fsp3) is 0.269. The minimum Gasteiger partial charge on any atom is -0.504 e. The average Bonchev–Trinajstić information content (AvgIpc) is 2.83. The van der Waals surface area contributed by atoms with Crippen LogP contribution in [0.5, 0.6) is 11.5 Å². The van der Waals surface area contributed by atoms with Crippen LogP contribution in [0.3, 0.4) is 0 Å². The summed E-state index contributed by atoms with van der Waals surface area (Å²) in [4.78, 5) is 34.0. The Labute approximate surface area is 201 Å². The number of aromatic hydroxyl groups is 1. The third-order valence-electron chi connectivity index (χ3n) is 6.27. The van der Waals surface area contributed by atoms with Gasteiger partial charge in [0.25, 0.3) is 5.56 Å². The van der Waals surface area contributed by atoms with Crippen molar-refractivity contribution in [2.75, 3.05) is 12.4 Å². The van der Waals surface area contributed by atoms with Crippen LogP contribution in [0.1, 0.15) is 47.4 Å². The Hall–Kier alpha value is -3.52. The SMILES string of the molecule is COc1cc(C2C3=C(CCCC3=O)Nc3nc(SCc4ccc(C)cc4)[nH]c(=O)c32)ccc1O. The average molecular weight is 476 g/mol. The second-order valence-electron chi connectivity index (χ2n) is 8.57. The smallest absolute Gasteiger partial charge is 0.257 e. The van der Waals surface area contributed by atoms with Crippen LogP contribution in [0.2, 0.25) is 0 Å². The Bertz CT molecular complexity index is 1360. The minimum atomic E-state index is -0.582. The third-order valence-corrected chi connectivity index (χ3v) is 7.21. The fourth-order valence-electron chi connectivity index (χ4n) is 4.55. The van der Waals surface area contributed by atoms with Gasteiger partial charge in [-0.25, -0.2) is 4.98 Å². The molecule has 1 aliphatic carbocycles. The van der Waals surface area contributed by atoms with Gasteiger partial charge in [-0.2, -0.15) is 0 Å². The molecule has 7 nitrogen and oxygen atoms in total. The third kappa shape index (κ3) is 4.09. The van der Waals surface area contributed by atoms with Crippen LogP contribution in [-0.2, 0) is 10.5 Å². The van der Waals surface area contributed by atoms with E-state index in [4.69, 9.17) is 9.72 Å². The molecule has 2 aliphatic rings. The van der Waals surface area contributed by atoms with E-state index in [-0.39, 0.29) is 22.8 Å². The number of phenolic OH excluding ortho intramolecular Hbond substituents is 1. The van der Waals surface area contributed by atoms with Crippen molar-refractivity contribution < 1.29 is 14.6 Å². The molecule has 5 rings (SSSR count). The van der Waals surface area contributed by atoms with Gasteiger partial charge < -0.3 is 20.1 Å². The summed E-state index contributed by atoms with van der Waals surface area (Å²) >= 11 is 1.46. The quantitative estimate of drug-likeness (QED) is 0.364.